The molecule has 0 saturated carbocycles. The second-order valence-electron chi connectivity index (χ2n) is 4.49. The lowest BCUT2D eigenvalue weighted by Gasteiger charge is -2.18. The van der Waals surface area contributed by atoms with Gasteiger partial charge in [-0.05, 0) is 24.6 Å². The molecule has 0 aliphatic carbocycles. The zero-order valence-corrected chi connectivity index (χ0v) is 12.1. The van der Waals surface area contributed by atoms with Gasteiger partial charge in [0.25, 0.3) is 0 Å². The van der Waals surface area contributed by atoms with E-state index in [0.29, 0.717) is 4.90 Å². The molecule has 0 bridgehead atoms. The molecule has 22 heavy (non-hydrogen) atoms. The Morgan fingerprint density at radius 3 is 2.55 bits per heavy atom. The van der Waals surface area contributed by atoms with Gasteiger partial charge in [-0.25, -0.2) is 14.7 Å². The van der Waals surface area contributed by atoms with E-state index in [4.69, 9.17) is 21.1 Å². The summed E-state index contributed by atoms with van der Waals surface area (Å²) in [5, 5.41) is -1.08. The quantitative estimate of drug-likeness (QED) is 0.611. The van der Waals surface area contributed by atoms with Crippen molar-refractivity contribution < 1.29 is 32.2 Å². The number of carbonyl (C=O) groups is 2. The van der Waals surface area contributed by atoms with Gasteiger partial charge >= 0.3 is 17.6 Å². The van der Waals surface area contributed by atoms with Crippen molar-refractivity contribution in [3.63, 3.8) is 0 Å². The molecule has 0 unspecified atom stereocenters. The van der Waals surface area contributed by atoms with Crippen LogP contribution in [-0.2, 0) is 10.9 Å². The molecular formula is C12H10ClF3N2O4. The first-order valence-corrected chi connectivity index (χ1v) is 6.35. The van der Waals surface area contributed by atoms with Crippen LogP contribution < -0.4 is 4.74 Å². The molecule has 1 aromatic rings. The number of hydrogen-bond donors (Lipinski definition) is 0. The fraction of sp³-hybridized carbons (Fsp3) is 0.417. The minimum atomic E-state index is -4.63. The van der Waals surface area contributed by atoms with E-state index < -0.39 is 35.3 Å². The molecule has 0 aromatic carbocycles. The van der Waals surface area contributed by atoms with Crippen molar-refractivity contribution in [2.75, 3.05) is 7.11 Å². The number of halogens is 4. The third-order valence-electron chi connectivity index (χ3n) is 3.11. The maximum Gasteiger partial charge on any atom is 0.418 e. The van der Waals surface area contributed by atoms with Gasteiger partial charge in [-0.2, -0.15) is 13.2 Å². The van der Waals surface area contributed by atoms with E-state index in [1.165, 1.54) is 6.92 Å². The topological polar surface area (TPSA) is 68.7 Å². The van der Waals surface area contributed by atoms with Gasteiger partial charge in [0, 0.05) is 6.07 Å². The molecule has 0 spiro atoms. The second-order valence-corrected chi connectivity index (χ2v) is 4.81. The maximum absolute atomic E-state index is 12.9. The summed E-state index contributed by atoms with van der Waals surface area (Å²) in [7, 11) is 1.16. The fourth-order valence-electron chi connectivity index (χ4n) is 2.04. The Hall–Kier alpha value is -2.03. The highest BCUT2D eigenvalue weighted by Crippen LogP contribution is 2.37. The first kappa shape index (κ1) is 16.3. The lowest BCUT2D eigenvalue weighted by atomic mass is 10.1. The highest BCUT2D eigenvalue weighted by molar-refractivity contribution is 6.64. The van der Waals surface area contributed by atoms with Crippen molar-refractivity contribution in [2.45, 2.75) is 25.2 Å². The number of cyclic esters (lactones) is 1. The van der Waals surface area contributed by atoms with Crippen molar-refractivity contribution in [1.29, 1.82) is 0 Å². The molecular weight excluding hydrogens is 329 g/mol. The number of pyridine rings is 1. The van der Waals surface area contributed by atoms with E-state index in [-0.39, 0.29) is 11.6 Å². The number of rotatable bonds is 2. The van der Waals surface area contributed by atoms with Crippen LogP contribution in [0.5, 0.6) is 5.88 Å². The fourth-order valence-corrected chi connectivity index (χ4v) is 2.27. The number of alkyl halides is 3. The number of nitrogens with zero attached hydrogens (tertiary/aromatic N) is 2. The Bertz CT molecular complexity index is 623. The zero-order chi connectivity index (χ0) is 16.7. The highest BCUT2D eigenvalue weighted by Gasteiger charge is 2.44. The Morgan fingerprint density at radius 2 is 2.09 bits per heavy atom. The summed E-state index contributed by atoms with van der Waals surface area (Å²) in [4.78, 5) is 27.2. The van der Waals surface area contributed by atoms with Crippen LogP contribution in [0.3, 0.4) is 0 Å². The van der Waals surface area contributed by atoms with E-state index in [1.807, 2.05) is 0 Å². The lowest BCUT2D eigenvalue weighted by Crippen LogP contribution is -2.34. The first-order valence-electron chi connectivity index (χ1n) is 5.97. The summed E-state index contributed by atoms with van der Waals surface area (Å²) in [6, 6.07) is 0.549. The van der Waals surface area contributed by atoms with Crippen LogP contribution in [0.4, 0.5) is 22.8 Å². The van der Waals surface area contributed by atoms with Crippen LogP contribution in [0.25, 0.3) is 0 Å². The van der Waals surface area contributed by atoms with E-state index in [0.717, 1.165) is 19.2 Å². The second kappa shape index (κ2) is 5.64. The molecule has 2 heterocycles. The largest absolute Gasteiger partial charge is 0.481 e. The van der Waals surface area contributed by atoms with Crippen LogP contribution in [0.15, 0.2) is 12.1 Å². The van der Waals surface area contributed by atoms with Crippen LogP contribution in [-0.4, -0.2) is 34.5 Å². The number of methoxy groups -OCH3 is 1. The molecule has 1 aliphatic heterocycles. The molecule has 2 rings (SSSR count). The van der Waals surface area contributed by atoms with E-state index in [9.17, 15) is 22.8 Å². The van der Waals surface area contributed by atoms with Crippen molar-refractivity contribution in [1.82, 2.24) is 9.88 Å². The molecule has 2 amide bonds. The zero-order valence-electron chi connectivity index (χ0n) is 11.3. The molecule has 1 aliphatic rings. The number of hydrogen-bond acceptors (Lipinski definition) is 5. The van der Waals surface area contributed by atoms with Crippen LogP contribution in [0.2, 0.25) is 0 Å². The standard InChI is InChI=1S/C12H10ClF3N2O4/c1-5-9(22-11(20)18(5)10(13)19)7-3-6(12(14,15)16)4-8(17-7)21-2/h3-5,9H,1-2H3/t5-,9-/m0/s1. The summed E-state index contributed by atoms with van der Waals surface area (Å²) in [6.45, 7) is 1.41. The van der Waals surface area contributed by atoms with Crippen molar-refractivity contribution in [2.24, 2.45) is 0 Å². The molecule has 1 fully saturated rings. The average molecular weight is 339 g/mol. The first-order chi connectivity index (χ1) is 10.1. The molecule has 1 aromatic heterocycles. The maximum atomic E-state index is 12.9. The van der Waals surface area contributed by atoms with Crippen LogP contribution in [0, 0.1) is 0 Å². The van der Waals surface area contributed by atoms with Gasteiger partial charge in [0.2, 0.25) is 5.88 Å². The number of carbonyl (C=O) groups excluding carboxylic acids is 2. The number of amides is 2. The van der Waals surface area contributed by atoms with Crippen molar-refractivity contribution in [3.8, 4) is 5.88 Å². The van der Waals surface area contributed by atoms with Gasteiger partial charge in [0.05, 0.1) is 24.4 Å². The minimum absolute atomic E-state index is 0.187. The van der Waals surface area contributed by atoms with Gasteiger partial charge in [0.1, 0.15) is 0 Å². The third kappa shape index (κ3) is 2.94. The predicted octanol–water partition coefficient (Wildman–Crippen LogP) is 3.35. The Labute approximate surface area is 127 Å². The Kier molecular flexibility index (Phi) is 4.19. The van der Waals surface area contributed by atoms with E-state index in [1.54, 1.807) is 0 Å². The summed E-state index contributed by atoms with van der Waals surface area (Å²) in [5.41, 5.74) is -1.19. The van der Waals surface area contributed by atoms with Gasteiger partial charge in [-0.1, -0.05) is 0 Å². The Morgan fingerprint density at radius 1 is 1.45 bits per heavy atom. The number of ether oxygens (including phenoxy) is 2. The Balaban J connectivity index is 2.45. The predicted molar refractivity (Wildman–Crippen MR) is 67.6 cm³/mol. The van der Waals surface area contributed by atoms with Gasteiger partial charge < -0.3 is 9.47 Å². The van der Waals surface area contributed by atoms with Gasteiger partial charge in [0.15, 0.2) is 6.10 Å². The molecule has 1 saturated heterocycles. The summed E-state index contributed by atoms with van der Waals surface area (Å²) >= 11 is 5.25. The van der Waals surface area contributed by atoms with E-state index in [2.05, 4.69) is 4.98 Å². The monoisotopic (exact) mass is 338 g/mol. The van der Waals surface area contributed by atoms with Crippen molar-refractivity contribution in [3.05, 3.63) is 23.4 Å². The SMILES string of the molecule is COc1cc(C(F)(F)F)cc([C@H]2OC(=O)N(C(=O)Cl)[C@H]2C)n1. The summed E-state index contributed by atoms with van der Waals surface area (Å²) in [6.07, 6.45) is -6.85. The van der Waals surface area contributed by atoms with Crippen LogP contribution >= 0.6 is 11.6 Å². The molecule has 120 valence electrons. The van der Waals surface area contributed by atoms with Gasteiger partial charge in [-0.15, -0.1) is 0 Å². The number of imide groups is 1. The smallest absolute Gasteiger partial charge is 0.418 e. The molecule has 2 atom stereocenters. The third-order valence-corrected chi connectivity index (χ3v) is 3.29. The van der Waals surface area contributed by atoms with E-state index >= 15 is 0 Å². The summed E-state index contributed by atoms with van der Waals surface area (Å²) in [5.74, 6) is -0.288. The molecule has 6 nitrogen and oxygen atoms in total. The highest BCUT2D eigenvalue weighted by atomic mass is 35.5. The van der Waals surface area contributed by atoms with Crippen molar-refractivity contribution >= 4 is 23.1 Å². The molecule has 0 radical (unpaired) electrons. The number of aromatic nitrogens is 1. The van der Waals surface area contributed by atoms with Gasteiger partial charge in [-0.3, -0.25) is 4.79 Å². The minimum Gasteiger partial charge on any atom is -0.481 e. The molecule has 0 N–H and O–H groups in total. The normalized spacial score (nSPS) is 21.7. The average Bonchev–Trinajstić information content (AvgIpc) is 2.72. The molecule has 10 heteroatoms. The lowest BCUT2D eigenvalue weighted by molar-refractivity contribution is -0.137. The summed E-state index contributed by atoms with van der Waals surface area (Å²) < 4.78 is 48.2. The van der Waals surface area contributed by atoms with Crippen LogP contribution in [0.1, 0.15) is 24.3 Å².